The minimum absolute atomic E-state index is 0.0224. The maximum atomic E-state index is 11.4. The van der Waals surface area contributed by atoms with Gasteiger partial charge in [-0.15, -0.1) is 0 Å². The molecule has 0 saturated heterocycles. The second-order valence-electron chi connectivity index (χ2n) is 4.39. The van der Waals surface area contributed by atoms with Crippen LogP contribution in [0, 0.1) is 5.92 Å². The van der Waals surface area contributed by atoms with Gasteiger partial charge in [-0.2, -0.15) is 0 Å². The number of ether oxygens (including phenoxy) is 1. The van der Waals surface area contributed by atoms with Gasteiger partial charge in [-0.25, -0.2) is 4.79 Å². The fraction of sp³-hybridized carbons (Fsp3) is 0.833. The summed E-state index contributed by atoms with van der Waals surface area (Å²) >= 11 is 0. The minimum Gasteiger partial charge on any atom is -0.450 e. The molecule has 0 heterocycles. The largest absolute Gasteiger partial charge is 0.450 e. The number of nitrogens with zero attached hydrogens (tertiary/aromatic N) is 1. The second kappa shape index (κ2) is 9.56. The highest BCUT2D eigenvalue weighted by atomic mass is 16.5. The lowest BCUT2D eigenvalue weighted by molar-refractivity contribution is 0.146. The van der Waals surface area contributed by atoms with Gasteiger partial charge < -0.3 is 20.7 Å². The Morgan fingerprint density at radius 3 is 2.50 bits per heavy atom. The predicted molar refractivity (Wildman–Crippen MR) is 73.8 cm³/mol. The number of rotatable bonds is 6. The fourth-order valence-electron chi connectivity index (χ4n) is 1.60. The predicted octanol–water partition coefficient (Wildman–Crippen LogP) is 0.942. The van der Waals surface area contributed by atoms with Crippen LogP contribution in [0.15, 0.2) is 4.99 Å². The van der Waals surface area contributed by atoms with E-state index in [1.54, 1.807) is 21.0 Å². The molecular weight excluding hydrogens is 232 g/mol. The summed E-state index contributed by atoms with van der Waals surface area (Å²) < 4.78 is 4.89. The van der Waals surface area contributed by atoms with Crippen molar-refractivity contribution >= 4 is 12.1 Å². The number of guanidine groups is 1. The first-order valence-corrected chi connectivity index (χ1v) is 6.35. The SMILES string of the molecule is CCOC(=O)NC(CNC(=NC)NC)CC(C)C. The first-order chi connectivity index (χ1) is 8.53. The molecule has 0 fully saturated rings. The molecule has 106 valence electrons. The van der Waals surface area contributed by atoms with Crippen molar-refractivity contribution in [1.29, 1.82) is 0 Å². The maximum Gasteiger partial charge on any atom is 0.407 e. The van der Waals surface area contributed by atoms with Gasteiger partial charge in [-0.3, -0.25) is 4.99 Å². The Kier molecular flexibility index (Phi) is 8.78. The zero-order valence-corrected chi connectivity index (χ0v) is 12.0. The highest BCUT2D eigenvalue weighted by Crippen LogP contribution is 2.04. The Balaban J connectivity index is 4.26. The van der Waals surface area contributed by atoms with Crippen LogP contribution in [0.3, 0.4) is 0 Å². The van der Waals surface area contributed by atoms with Crippen molar-refractivity contribution in [2.75, 3.05) is 27.2 Å². The lowest BCUT2D eigenvalue weighted by Gasteiger charge is -2.21. The quantitative estimate of drug-likeness (QED) is 0.490. The molecule has 0 aliphatic rings. The maximum absolute atomic E-state index is 11.4. The van der Waals surface area contributed by atoms with E-state index in [1.165, 1.54) is 0 Å². The molecule has 6 heteroatoms. The zero-order valence-electron chi connectivity index (χ0n) is 12.0. The summed E-state index contributed by atoms with van der Waals surface area (Å²) in [7, 11) is 3.50. The van der Waals surface area contributed by atoms with Gasteiger partial charge in [0.25, 0.3) is 0 Å². The molecule has 0 aliphatic heterocycles. The molecule has 18 heavy (non-hydrogen) atoms. The number of alkyl carbamates (subject to hydrolysis) is 1. The molecule has 3 N–H and O–H groups in total. The summed E-state index contributed by atoms with van der Waals surface area (Å²) in [5.74, 6) is 1.20. The smallest absolute Gasteiger partial charge is 0.407 e. The Labute approximate surface area is 110 Å². The van der Waals surface area contributed by atoms with Crippen molar-refractivity contribution < 1.29 is 9.53 Å². The van der Waals surface area contributed by atoms with Crippen LogP contribution in [-0.4, -0.2) is 45.3 Å². The molecule has 0 rings (SSSR count). The Hall–Kier alpha value is -1.46. The van der Waals surface area contributed by atoms with E-state index in [-0.39, 0.29) is 12.1 Å². The van der Waals surface area contributed by atoms with Crippen molar-refractivity contribution in [3.63, 3.8) is 0 Å². The number of hydrogen-bond donors (Lipinski definition) is 3. The molecule has 0 saturated carbocycles. The normalized spacial score (nSPS) is 13.1. The molecule has 6 nitrogen and oxygen atoms in total. The standard InChI is InChI=1S/C12H26N4O2/c1-6-18-12(17)16-10(7-9(2)3)8-15-11(13-4)14-5/h9-10H,6-8H2,1-5H3,(H,16,17)(H2,13,14,15). The van der Waals surface area contributed by atoms with Gasteiger partial charge in [0.1, 0.15) is 0 Å². The minimum atomic E-state index is -0.371. The molecule has 0 aromatic carbocycles. The highest BCUT2D eigenvalue weighted by Gasteiger charge is 2.14. The van der Waals surface area contributed by atoms with Crippen molar-refractivity contribution in [3.05, 3.63) is 0 Å². The van der Waals surface area contributed by atoms with Crippen molar-refractivity contribution in [2.45, 2.75) is 33.2 Å². The third-order valence-corrected chi connectivity index (χ3v) is 2.33. The first kappa shape index (κ1) is 16.5. The van der Waals surface area contributed by atoms with E-state index >= 15 is 0 Å². The van der Waals surface area contributed by atoms with Crippen LogP contribution in [-0.2, 0) is 4.74 Å². The van der Waals surface area contributed by atoms with Crippen LogP contribution >= 0.6 is 0 Å². The summed E-state index contributed by atoms with van der Waals surface area (Å²) in [5, 5.41) is 8.92. The average molecular weight is 258 g/mol. The molecule has 0 spiro atoms. The molecule has 0 aliphatic carbocycles. The topological polar surface area (TPSA) is 74.8 Å². The van der Waals surface area contributed by atoms with Gasteiger partial charge in [0, 0.05) is 26.7 Å². The molecule has 1 atom stereocenters. The molecule has 0 radical (unpaired) electrons. The zero-order chi connectivity index (χ0) is 14.0. The number of aliphatic imine (C=N–C) groups is 1. The summed E-state index contributed by atoms with van der Waals surface area (Å²) in [6.45, 7) is 7.02. The van der Waals surface area contributed by atoms with E-state index in [2.05, 4.69) is 34.8 Å². The lowest BCUT2D eigenvalue weighted by Crippen LogP contribution is -2.47. The fourth-order valence-corrected chi connectivity index (χ4v) is 1.60. The summed E-state index contributed by atoms with van der Waals surface area (Å²) in [6.07, 6.45) is 0.511. The van der Waals surface area contributed by atoms with Gasteiger partial charge >= 0.3 is 6.09 Å². The number of nitrogens with one attached hydrogen (secondary N) is 3. The van der Waals surface area contributed by atoms with Crippen molar-refractivity contribution in [2.24, 2.45) is 10.9 Å². The van der Waals surface area contributed by atoms with Crippen molar-refractivity contribution in [3.8, 4) is 0 Å². The monoisotopic (exact) mass is 258 g/mol. The van der Waals surface area contributed by atoms with Crippen LogP contribution in [0.5, 0.6) is 0 Å². The summed E-state index contributed by atoms with van der Waals surface area (Å²) in [4.78, 5) is 15.4. The van der Waals surface area contributed by atoms with Crippen LogP contribution in [0.1, 0.15) is 27.2 Å². The molecule has 0 aromatic heterocycles. The van der Waals surface area contributed by atoms with E-state index in [1.807, 2.05) is 0 Å². The van der Waals surface area contributed by atoms with Crippen LogP contribution < -0.4 is 16.0 Å². The highest BCUT2D eigenvalue weighted by molar-refractivity contribution is 5.79. The van der Waals surface area contributed by atoms with Gasteiger partial charge in [-0.1, -0.05) is 13.8 Å². The average Bonchev–Trinajstić information content (AvgIpc) is 2.29. The van der Waals surface area contributed by atoms with E-state index in [0.29, 0.717) is 25.0 Å². The molecule has 1 unspecified atom stereocenters. The molecule has 0 aromatic rings. The van der Waals surface area contributed by atoms with Gasteiger partial charge in [-0.05, 0) is 19.3 Å². The molecule has 1 amide bonds. The van der Waals surface area contributed by atoms with Gasteiger partial charge in [0.05, 0.1) is 6.61 Å². The Morgan fingerprint density at radius 2 is 2.06 bits per heavy atom. The Morgan fingerprint density at radius 1 is 1.39 bits per heavy atom. The number of amides is 1. The third-order valence-electron chi connectivity index (χ3n) is 2.33. The van der Waals surface area contributed by atoms with Gasteiger partial charge in [0.15, 0.2) is 5.96 Å². The number of hydrogen-bond acceptors (Lipinski definition) is 3. The number of carbonyl (C=O) groups excluding carboxylic acids is 1. The lowest BCUT2D eigenvalue weighted by atomic mass is 10.0. The summed E-state index contributed by atoms with van der Waals surface area (Å²) in [6, 6.07) is 0.0224. The first-order valence-electron chi connectivity index (χ1n) is 6.35. The van der Waals surface area contributed by atoms with E-state index in [0.717, 1.165) is 6.42 Å². The van der Waals surface area contributed by atoms with E-state index in [4.69, 9.17) is 4.74 Å². The third kappa shape index (κ3) is 7.76. The van der Waals surface area contributed by atoms with E-state index < -0.39 is 0 Å². The van der Waals surface area contributed by atoms with Crippen LogP contribution in [0.25, 0.3) is 0 Å². The second-order valence-corrected chi connectivity index (χ2v) is 4.39. The Bertz CT molecular complexity index is 267. The summed E-state index contributed by atoms with van der Waals surface area (Å²) in [5.41, 5.74) is 0. The molecular formula is C12H26N4O2. The van der Waals surface area contributed by atoms with E-state index in [9.17, 15) is 4.79 Å². The van der Waals surface area contributed by atoms with Crippen molar-refractivity contribution in [1.82, 2.24) is 16.0 Å². The van der Waals surface area contributed by atoms with Crippen LogP contribution in [0.4, 0.5) is 4.79 Å². The van der Waals surface area contributed by atoms with Gasteiger partial charge in [0.2, 0.25) is 0 Å². The van der Waals surface area contributed by atoms with Crippen LogP contribution in [0.2, 0.25) is 0 Å². The number of carbonyl (C=O) groups is 1. The molecule has 0 bridgehead atoms.